The third kappa shape index (κ3) is 7.73. The number of thioether (sulfide) groups is 1. The molecule has 3 aromatic rings. The Morgan fingerprint density at radius 1 is 1.02 bits per heavy atom. The Morgan fingerprint density at radius 3 is 2.29 bits per heavy atom. The maximum absolute atomic E-state index is 13.1. The van der Waals surface area contributed by atoms with Crippen molar-refractivity contribution in [3.05, 3.63) is 89.6 Å². The number of hydrogen-bond donors (Lipinski definition) is 1. The highest BCUT2D eigenvalue weighted by Gasteiger charge is 2.37. The number of anilines is 1. The lowest BCUT2D eigenvalue weighted by molar-refractivity contribution is -0.137. The molecule has 4 rings (SSSR count). The van der Waals surface area contributed by atoms with Gasteiger partial charge < -0.3 is 14.8 Å². The fraction of sp³-hybridized carbons (Fsp3) is 0.148. The minimum Gasteiger partial charge on any atom is -0.495 e. The second-order valence-electron chi connectivity index (χ2n) is 8.46. The zero-order valence-corrected chi connectivity index (χ0v) is 26.4. The molecular formula is C27H18Br3F3N2O5S. The molecule has 7 nitrogen and oxygen atoms in total. The van der Waals surface area contributed by atoms with Crippen LogP contribution in [0.4, 0.5) is 23.7 Å². The quantitative estimate of drug-likeness (QED) is 0.232. The highest BCUT2D eigenvalue weighted by atomic mass is 79.9. The van der Waals surface area contributed by atoms with Crippen molar-refractivity contribution in [2.75, 3.05) is 19.0 Å². The van der Waals surface area contributed by atoms with E-state index in [4.69, 9.17) is 9.47 Å². The number of halogens is 6. The molecule has 0 unspecified atom stereocenters. The van der Waals surface area contributed by atoms with Crippen molar-refractivity contribution >= 4 is 88.4 Å². The topological polar surface area (TPSA) is 84.9 Å². The molecule has 0 aliphatic carbocycles. The smallest absolute Gasteiger partial charge is 0.416 e. The predicted molar refractivity (Wildman–Crippen MR) is 160 cm³/mol. The molecule has 1 aliphatic rings. The fourth-order valence-electron chi connectivity index (χ4n) is 3.64. The van der Waals surface area contributed by atoms with Crippen LogP contribution in [0.25, 0.3) is 6.08 Å². The maximum atomic E-state index is 13.1. The lowest BCUT2D eigenvalue weighted by Crippen LogP contribution is -2.36. The van der Waals surface area contributed by atoms with E-state index in [2.05, 4.69) is 53.1 Å². The molecule has 1 fully saturated rings. The van der Waals surface area contributed by atoms with Gasteiger partial charge in [0.2, 0.25) is 5.91 Å². The van der Waals surface area contributed by atoms with Crippen molar-refractivity contribution in [3.63, 3.8) is 0 Å². The third-order valence-electron chi connectivity index (χ3n) is 5.59. The third-order valence-corrected chi connectivity index (χ3v) is 8.21. The van der Waals surface area contributed by atoms with E-state index in [9.17, 15) is 27.6 Å². The van der Waals surface area contributed by atoms with E-state index in [-0.39, 0.29) is 16.3 Å². The molecule has 1 N–H and O–H groups in total. The second-order valence-corrected chi connectivity index (χ2v) is 12.1. The van der Waals surface area contributed by atoms with Crippen LogP contribution in [0, 0.1) is 0 Å². The number of alkyl halides is 3. The standard InChI is InChI=1S/C27H18Br3F3N2O5S/c1-39-21-7-4-16(27(31,32)33)11-20(21)34-23(36)12-35-25(37)22(41-26(35)38)10-15-8-18(29)24(19(30)9-15)40-13-14-2-5-17(28)6-3-14/h2-11H,12-13H2,1H3,(H,34,36)/b22-10-. The minimum atomic E-state index is -4.64. The highest BCUT2D eigenvalue weighted by molar-refractivity contribution is 9.11. The van der Waals surface area contributed by atoms with Crippen molar-refractivity contribution in [3.8, 4) is 11.5 Å². The summed E-state index contributed by atoms with van der Waals surface area (Å²) in [6, 6.07) is 13.7. The minimum absolute atomic E-state index is 0.0131. The fourth-order valence-corrected chi connectivity index (χ4v) is 6.19. The normalized spacial score (nSPS) is 14.5. The molecule has 0 radical (unpaired) electrons. The van der Waals surface area contributed by atoms with Crippen LogP contribution in [0.3, 0.4) is 0 Å². The number of rotatable bonds is 8. The number of ether oxygens (including phenoxy) is 2. The van der Waals surface area contributed by atoms with Gasteiger partial charge in [0.15, 0.2) is 0 Å². The maximum Gasteiger partial charge on any atom is 0.416 e. The monoisotopic (exact) mass is 776 g/mol. The number of nitrogens with zero attached hydrogens (tertiary/aromatic N) is 1. The predicted octanol–water partition coefficient (Wildman–Crippen LogP) is 8.26. The van der Waals surface area contributed by atoms with E-state index in [1.165, 1.54) is 13.2 Å². The average molecular weight is 779 g/mol. The summed E-state index contributed by atoms with van der Waals surface area (Å²) in [5.74, 6) is -1.06. The van der Waals surface area contributed by atoms with Crippen LogP contribution in [0.15, 0.2) is 72.9 Å². The van der Waals surface area contributed by atoms with Crippen molar-refractivity contribution < 1.29 is 37.0 Å². The van der Waals surface area contributed by atoms with Crippen LogP contribution in [0.2, 0.25) is 0 Å². The molecule has 0 aromatic heterocycles. The first-order chi connectivity index (χ1) is 19.3. The van der Waals surface area contributed by atoms with Gasteiger partial charge >= 0.3 is 6.18 Å². The first-order valence-corrected chi connectivity index (χ1v) is 14.7. The lowest BCUT2D eigenvalue weighted by Gasteiger charge is -2.16. The highest BCUT2D eigenvalue weighted by Crippen LogP contribution is 2.39. The van der Waals surface area contributed by atoms with Crippen LogP contribution >= 0.6 is 59.6 Å². The van der Waals surface area contributed by atoms with Gasteiger partial charge in [0.25, 0.3) is 11.1 Å². The van der Waals surface area contributed by atoms with Crippen molar-refractivity contribution in [2.45, 2.75) is 12.8 Å². The lowest BCUT2D eigenvalue weighted by atomic mass is 10.1. The SMILES string of the molecule is COc1ccc(C(F)(F)F)cc1NC(=O)CN1C(=O)S/C(=C\c2cc(Br)c(OCc3ccc(Br)cc3)c(Br)c2)C1=O. The van der Waals surface area contributed by atoms with Crippen molar-refractivity contribution in [2.24, 2.45) is 0 Å². The van der Waals surface area contributed by atoms with Crippen LogP contribution in [0.5, 0.6) is 11.5 Å². The van der Waals surface area contributed by atoms with Gasteiger partial charge in [-0.05, 0) is 103 Å². The van der Waals surface area contributed by atoms with E-state index in [1.807, 2.05) is 24.3 Å². The van der Waals surface area contributed by atoms with Crippen LogP contribution in [0.1, 0.15) is 16.7 Å². The molecule has 14 heteroatoms. The summed E-state index contributed by atoms with van der Waals surface area (Å²) >= 11 is 11.0. The first-order valence-electron chi connectivity index (χ1n) is 11.5. The zero-order valence-electron chi connectivity index (χ0n) is 20.9. The number of amides is 3. The van der Waals surface area contributed by atoms with E-state index < -0.39 is 35.3 Å². The molecule has 3 aromatic carbocycles. The Morgan fingerprint density at radius 2 is 1.68 bits per heavy atom. The van der Waals surface area contributed by atoms with Gasteiger partial charge in [-0.15, -0.1) is 0 Å². The Hall–Kier alpha value is -2.81. The van der Waals surface area contributed by atoms with Gasteiger partial charge in [0, 0.05) is 4.47 Å². The molecule has 3 amide bonds. The zero-order chi connectivity index (χ0) is 29.9. The molecule has 0 atom stereocenters. The van der Waals surface area contributed by atoms with Gasteiger partial charge in [0.05, 0.1) is 32.2 Å². The van der Waals surface area contributed by atoms with Gasteiger partial charge in [-0.1, -0.05) is 28.1 Å². The second kappa shape index (κ2) is 13.0. The average Bonchev–Trinajstić information content (AvgIpc) is 3.15. The van der Waals surface area contributed by atoms with Crippen molar-refractivity contribution in [1.82, 2.24) is 4.90 Å². The van der Waals surface area contributed by atoms with E-state index in [1.54, 1.807) is 12.1 Å². The molecule has 0 saturated carbocycles. The molecule has 41 heavy (non-hydrogen) atoms. The Balaban J connectivity index is 1.45. The van der Waals surface area contributed by atoms with Crippen LogP contribution in [-0.4, -0.2) is 35.6 Å². The van der Waals surface area contributed by atoms with Gasteiger partial charge in [-0.3, -0.25) is 19.3 Å². The van der Waals surface area contributed by atoms with Gasteiger partial charge in [-0.25, -0.2) is 0 Å². The van der Waals surface area contributed by atoms with Gasteiger partial charge in [-0.2, -0.15) is 13.2 Å². The van der Waals surface area contributed by atoms with E-state index in [0.29, 0.717) is 49.6 Å². The summed E-state index contributed by atoms with van der Waals surface area (Å²) in [5, 5.41) is 1.59. The largest absolute Gasteiger partial charge is 0.495 e. The summed E-state index contributed by atoms with van der Waals surface area (Å²) in [4.78, 5) is 38.9. The molecule has 0 bridgehead atoms. The number of imide groups is 1. The molecule has 1 saturated heterocycles. The summed E-state index contributed by atoms with van der Waals surface area (Å²) < 4.78 is 52.4. The number of carbonyl (C=O) groups is 3. The molecule has 1 heterocycles. The van der Waals surface area contributed by atoms with Crippen LogP contribution in [-0.2, 0) is 22.4 Å². The number of hydrogen-bond acceptors (Lipinski definition) is 6. The Kier molecular flexibility index (Phi) is 9.88. The van der Waals surface area contributed by atoms with E-state index >= 15 is 0 Å². The Labute approximate surface area is 261 Å². The number of methoxy groups -OCH3 is 1. The molecule has 214 valence electrons. The van der Waals surface area contributed by atoms with Gasteiger partial charge in [0.1, 0.15) is 24.7 Å². The molecular weight excluding hydrogens is 761 g/mol. The number of benzene rings is 3. The first kappa shape index (κ1) is 31.1. The summed E-state index contributed by atoms with van der Waals surface area (Å²) in [5.41, 5.74) is 0.292. The van der Waals surface area contributed by atoms with Crippen LogP contribution < -0.4 is 14.8 Å². The summed E-state index contributed by atoms with van der Waals surface area (Å²) in [6.45, 7) is -0.380. The molecule has 0 spiro atoms. The number of nitrogens with one attached hydrogen (secondary N) is 1. The number of carbonyl (C=O) groups excluding carboxylic acids is 3. The van der Waals surface area contributed by atoms with E-state index in [0.717, 1.165) is 22.2 Å². The van der Waals surface area contributed by atoms with Crippen molar-refractivity contribution in [1.29, 1.82) is 0 Å². The molecule has 1 aliphatic heterocycles. The summed E-state index contributed by atoms with van der Waals surface area (Å²) in [7, 11) is 1.23. The summed E-state index contributed by atoms with van der Waals surface area (Å²) in [6.07, 6.45) is -3.15. The Bertz CT molecular complexity index is 1530.